The molecule has 1 aromatic rings. The molecule has 0 unspecified atom stereocenters. The maximum atomic E-state index is 12.4. The average Bonchev–Trinajstić information content (AvgIpc) is 2.68. The molecule has 0 radical (unpaired) electrons. The van der Waals surface area contributed by atoms with Crippen LogP contribution in [-0.4, -0.2) is 36.9 Å². The van der Waals surface area contributed by atoms with Crippen LogP contribution in [0.3, 0.4) is 0 Å². The summed E-state index contributed by atoms with van der Waals surface area (Å²) in [5, 5.41) is 3.24. The molecule has 1 saturated carbocycles. The van der Waals surface area contributed by atoms with Crippen molar-refractivity contribution in [2.75, 3.05) is 14.1 Å². The molecule has 28 heavy (non-hydrogen) atoms. The second-order valence-electron chi connectivity index (χ2n) is 8.17. The van der Waals surface area contributed by atoms with E-state index in [9.17, 15) is 9.59 Å². The largest absolute Gasteiger partial charge is 0.369 e. The molecular weight excluding hydrogens is 350 g/mol. The molecule has 0 saturated heterocycles. The van der Waals surface area contributed by atoms with E-state index >= 15 is 0 Å². The smallest absolute Gasteiger partial charge is 0.222 e. The summed E-state index contributed by atoms with van der Waals surface area (Å²) in [6, 6.07) is 6.70. The van der Waals surface area contributed by atoms with Crippen LogP contribution < -0.4 is 11.1 Å². The zero-order valence-electron chi connectivity index (χ0n) is 17.8. The Balaban J connectivity index is 1.98. The van der Waals surface area contributed by atoms with E-state index in [-0.39, 0.29) is 12.3 Å². The van der Waals surface area contributed by atoms with Gasteiger partial charge in [-0.2, -0.15) is 0 Å². The van der Waals surface area contributed by atoms with E-state index in [1.54, 1.807) is 0 Å². The summed E-state index contributed by atoms with van der Waals surface area (Å²) in [5.74, 6) is 0.518. The van der Waals surface area contributed by atoms with Crippen LogP contribution in [0.25, 0.3) is 0 Å². The van der Waals surface area contributed by atoms with E-state index < -0.39 is 0 Å². The Bertz CT molecular complexity index is 651. The van der Waals surface area contributed by atoms with Gasteiger partial charge in [0.2, 0.25) is 11.8 Å². The summed E-state index contributed by atoms with van der Waals surface area (Å²) in [6.07, 6.45) is 8.56. The van der Waals surface area contributed by atoms with Gasteiger partial charge >= 0.3 is 0 Å². The Morgan fingerprint density at radius 2 is 1.89 bits per heavy atom. The summed E-state index contributed by atoms with van der Waals surface area (Å²) < 4.78 is 0. The van der Waals surface area contributed by atoms with E-state index in [1.165, 1.54) is 11.1 Å². The van der Waals surface area contributed by atoms with Gasteiger partial charge in [-0.15, -0.1) is 0 Å². The van der Waals surface area contributed by atoms with E-state index in [4.69, 9.17) is 5.73 Å². The van der Waals surface area contributed by atoms with Crippen molar-refractivity contribution in [1.82, 2.24) is 10.2 Å². The van der Waals surface area contributed by atoms with Crippen LogP contribution in [0.1, 0.15) is 80.9 Å². The number of primary amides is 1. The molecule has 0 aliphatic heterocycles. The van der Waals surface area contributed by atoms with Crippen LogP contribution in [0.4, 0.5) is 0 Å². The molecule has 156 valence electrons. The van der Waals surface area contributed by atoms with Crippen LogP contribution >= 0.6 is 0 Å². The molecule has 5 heteroatoms. The fourth-order valence-corrected chi connectivity index (χ4v) is 4.39. The number of hydrogen-bond acceptors (Lipinski definition) is 3. The predicted molar refractivity (Wildman–Crippen MR) is 114 cm³/mol. The zero-order chi connectivity index (χ0) is 20.5. The molecule has 0 heterocycles. The number of benzene rings is 1. The molecule has 0 aromatic heterocycles. The topological polar surface area (TPSA) is 75.4 Å². The van der Waals surface area contributed by atoms with Crippen molar-refractivity contribution in [3.63, 3.8) is 0 Å². The zero-order valence-corrected chi connectivity index (χ0v) is 17.8. The molecular formula is C23H37N3O2. The lowest BCUT2D eigenvalue weighted by Crippen LogP contribution is -2.39. The Hall–Kier alpha value is -1.88. The van der Waals surface area contributed by atoms with Gasteiger partial charge in [-0.1, -0.05) is 38.0 Å². The number of nitrogens with one attached hydrogen (secondary N) is 1. The summed E-state index contributed by atoms with van der Waals surface area (Å²) in [5.41, 5.74) is 8.96. The minimum atomic E-state index is -0.296. The molecule has 1 aromatic carbocycles. The highest BCUT2D eigenvalue weighted by atomic mass is 16.2. The molecule has 1 aliphatic carbocycles. The van der Waals surface area contributed by atoms with E-state index in [2.05, 4.69) is 24.4 Å². The van der Waals surface area contributed by atoms with Gasteiger partial charge in [0.15, 0.2) is 0 Å². The van der Waals surface area contributed by atoms with Gasteiger partial charge in [0, 0.05) is 26.1 Å². The SMILES string of the molecule is CCCCCC(=O)N(C)C1CCC(c2ccc(CC(N)=O)cc2CNC)CC1. The van der Waals surface area contributed by atoms with E-state index in [1.807, 2.05) is 25.1 Å². The van der Waals surface area contributed by atoms with Crippen LogP contribution in [0.15, 0.2) is 18.2 Å². The highest BCUT2D eigenvalue weighted by Gasteiger charge is 2.28. The van der Waals surface area contributed by atoms with Gasteiger partial charge in [-0.05, 0) is 61.8 Å². The van der Waals surface area contributed by atoms with Gasteiger partial charge in [-0.3, -0.25) is 9.59 Å². The lowest BCUT2D eigenvalue weighted by molar-refractivity contribution is -0.132. The van der Waals surface area contributed by atoms with Gasteiger partial charge in [0.25, 0.3) is 0 Å². The van der Waals surface area contributed by atoms with Crippen molar-refractivity contribution in [3.05, 3.63) is 34.9 Å². The van der Waals surface area contributed by atoms with Crippen molar-refractivity contribution in [1.29, 1.82) is 0 Å². The average molecular weight is 388 g/mol. The van der Waals surface area contributed by atoms with Crippen LogP contribution in [0, 0.1) is 0 Å². The van der Waals surface area contributed by atoms with Crippen LogP contribution in [0.2, 0.25) is 0 Å². The Morgan fingerprint density at radius 3 is 2.50 bits per heavy atom. The first kappa shape index (κ1) is 22.4. The van der Waals surface area contributed by atoms with Crippen molar-refractivity contribution in [2.24, 2.45) is 5.73 Å². The molecule has 0 spiro atoms. The van der Waals surface area contributed by atoms with Crippen molar-refractivity contribution in [2.45, 2.75) is 83.2 Å². The second kappa shape index (κ2) is 11.2. The van der Waals surface area contributed by atoms with Gasteiger partial charge in [0.05, 0.1) is 6.42 Å². The number of carbonyl (C=O) groups excluding carboxylic acids is 2. The molecule has 1 aliphatic rings. The fraction of sp³-hybridized carbons (Fsp3) is 0.652. The number of rotatable bonds is 10. The number of unbranched alkanes of at least 4 members (excludes halogenated alkanes) is 2. The lowest BCUT2D eigenvalue weighted by Gasteiger charge is -2.35. The number of nitrogens with zero attached hydrogens (tertiary/aromatic N) is 1. The summed E-state index contributed by atoms with van der Waals surface area (Å²) in [6.45, 7) is 2.95. The van der Waals surface area contributed by atoms with Crippen molar-refractivity contribution in [3.8, 4) is 0 Å². The van der Waals surface area contributed by atoms with Gasteiger partial charge < -0.3 is 16.0 Å². The van der Waals surface area contributed by atoms with E-state index in [0.29, 0.717) is 24.3 Å². The summed E-state index contributed by atoms with van der Waals surface area (Å²) >= 11 is 0. The predicted octanol–water partition coefficient (Wildman–Crippen LogP) is 3.50. The Labute approximate surface area is 170 Å². The summed E-state index contributed by atoms with van der Waals surface area (Å²) in [7, 11) is 3.92. The minimum Gasteiger partial charge on any atom is -0.369 e. The standard InChI is InChI=1S/C23H37N3O2/c1-4-5-6-7-23(28)26(3)20-11-9-18(10-12-20)21-13-8-17(15-22(24)27)14-19(21)16-25-2/h8,13-14,18,20,25H,4-7,9-12,15-16H2,1-3H3,(H2,24,27). The molecule has 5 nitrogen and oxygen atoms in total. The first-order chi connectivity index (χ1) is 13.5. The highest BCUT2D eigenvalue weighted by Crippen LogP contribution is 2.36. The minimum absolute atomic E-state index is 0.286. The molecule has 0 bridgehead atoms. The molecule has 2 amide bonds. The Morgan fingerprint density at radius 1 is 1.18 bits per heavy atom. The monoisotopic (exact) mass is 387 g/mol. The number of carbonyl (C=O) groups is 2. The lowest BCUT2D eigenvalue weighted by atomic mass is 9.79. The first-order valence-corrected chi connectivity index (χ1v) is 10.8. The number of hydrogen-bond donors (Lipinski definition) is 2. The number of nitrogens with two attached hydrogens (primary N) is 1. The molecule has 3 N–H and O–H groups in total. The number of amides is 2. The highest BCUT2D eigenvalue weighted by molar-refractivity contribution is 5.77. The molecule has 1 fully saturated rings. The second-order valence-corrected chi connectivity index (χ2v) is 8.17. The van der Waals surface area contributed by atoms with Gasteiger partial charge in [-0.25, -0.2) is 0 Å². The molecule has 2 rings (SSSR count). The maximum absolute atomic E-state index is 12.4. The third-order valence-corrected chi connectivity index (χ3v) is 6.02. The quantitative estimate of drug-likeness (QED) is 0.603. The van der Waals surface area contributed by atoms with Crippen molar-refractivity contribution >= 4 is 11.8 Å². The van der Waals surface area contributed by atoms with Crippen LogP contribution in [0.5, 0.6) is 0 Å². The molecule has 0 atom stereocenters. The van der Waals surface area contributed by atoms with Gasteiger partial charge in [0.1, 0.15) is 0 Å². The Kier molecular flexibility index (Phi) is 8.97. The third-order valence-electron chi connectivity index (χ3n) is 6.02. The third kappa shape index (κ3) is 6.33. The fourth-order valence-electron chi connectivity index (χ4n) is 4.39. The summed E-state index contributed by atoms with van der Waals surface area (Å²) in [4.78, 5) is 25.6. The van der Waals surface area contributed by atoms with Crippen LogP contribution in [-0.2, 0) is 22.6 Å². The first-order valence-electron chi connectivity index (χ1n) is 10.8. The van der Waals surface area contributed by atoms with Crippen molar-refractivity contribution < 1.29 is 9.59 Å². The normalized spacial score (nSPS) is 19.4. The maximum Gasteiger partial charge on any atom is 0.222 e. The van der Waals surface area contributed by atoms with E-state index in [0.717, 1.165) is 57.1 Å².